The molecule has 0 fully saturated rings. The van der Waals surface area contributed by atoms with Gasteiger partial charge < -0.3 is 11.1 Å². The molecule has 5 nitrogen and oxygen atoms in total. The topological polar surface area (TPSA) is 89.3 Å². The summed E-state index contributed by atoms with van der Waals surface area (Å²) in [5.41, 5.74) is 5.51. The highest BCUT2D eigenvalue weighted by Crippen LogP contribution is 2.09. The van der Waals surface area contributed by atoms with E-state index in [0.717, 1.165) is 12.1 Å². The van der Waals surface area contributed by atoms with Gasteiger partial charge in [0.25, 0.3) is 5.91 Å². The molecule has 0 bridgehead atoms. The lowest BCUT2D eigenvalue weighted by Crippen LogP contribution is -2.45. The zero-order valence-electron chi connectivity index (χ0n) is 12.8. The number of amides is 2. The average Bonchev–Trinajstić information content (AvgIpc) is 2.59. The number of benzene rings is 2. The molecule has 0 aromatic heterocycles. The van der Waals surface area contributed by atoms with E-state index in [4.69, 9.17) is 5.73 Å². The standard InChI is InChI=1S/C17H17FN2O3S/c18-13-8-6-12(7-9-13)17(22)20-15(16(19)21)10-11-24(23)14-4-2-1-3-5-14/h1-9,15H,10-11H2,(H2,19,21)(H,20,22)/t15-,24+/m0/s1. The van der Waals surface area contributed by atoms with Gasteiger partial charge in [0.2, 0.25) is 5.91 Å². The number of nitrogens with one attached hydrogen (secondary N) is 1. The molecule has 0 radical (unpaired) electrons. The van der Waals surface area contributed by atoms with E-state index < -0.39 is 34.5 Å². The van der Waals surface area contributed by atoms with Gasteiger partial charge in [-0.25, -0.2) is 4.39 Å². The molecular formula is C17H17FN2O3S. The minimum absolute atomic E-state index is 0.143. The lowest BCUT2D eigenvalue weighted by molar-refractivity contribution is -0.119. The van der Waals surface area contributed by atoms with Gasteiger partial charge in [0.1, 0.15) is 11.9 Å². The fraction of sp³-hybridized carbons (Fsp3) is 0.176. The summed E-state index contributed by atoms with van der Waals surface area (Å²) in [6, 6.07) is 12.8. The molecule has 3 N–H and O–H groups in total. The highest BCUT2D eigenvalue weighted by Gasteiger charge is 2.20. The molecule has 0 aliphatic heterocycles. The van der Waals surface area contributed by atoms with Crippen molar-refractivity contribution in [3.05, 3.63) is 66.0 Å². The molecule has 0 aliphatic rings. The highest BCUT2D eigenvalue weighted by atomic mass is 32.2. The predicted octanol–water partition coefficient (Wildman–Crippen LogP) is 1.61. The van der Waals surface area contributed by atoms with Gasteiger partial charge in [0.15, 0.2) is 0 Å². The molecule has 126 valence electrons. The smallest absolute Gasteiger partial charge is 0.251 e. The van der Waals surface area contributed by atoms with E-state index in [9.17, 15) is 18.2 Å². The van der Waals surface area contributed by atoms with E-state index >= 15 is 0 Å². The summed E-state index contributed by atoms with van der Waals surface area (Å²) in [5, 5.41) is 2.49. The monoisotopic (exact) mass is 348 g/mol. The number of halogens is 1. The van der Waals surface area contributed by atoms with Crippen LogP contribution in [0.15, 0.2) is 59.5 Å². The maximum Gasteiger partial charge on any atom is 0.251 e. The first-order valence-corrected chi connectivity index (χ1v) is 8.58. The molecule has 0 heterocycles. The third-order valence-corrected chi connectivity index (χ3v) is 4.76. The largest absolute Gasteiger partial charge is 0.368 e. The van der Waals surface area contributed by atoms with Crippen LogP contribution in [-0.4, -0.2) is 27.8 Å². The SMILES string of the molecule is NC(=O)[C@H](CC[S@@](=O)c1ccccc1)NC(=O)c1ccc(F)cc1. The Hall–Kier alpha value is -2.54. The van der Waals surface area contributed by atoms with Crippen molar-refractivity contribution in [2.45, 2.75) is 17.4 Å². The Morgan fingerprint density at radius 2 is 1.71 bits per heavy atom. The van der Waals surface area contributed by atoms with Crippen LogP contribution in [0.25, 0.3) is 0 Å². The van der Waals surface area contributed by atoms with Crippen LogP contribution in [0.4, 0.5) is 4.39 Å². The second kappa shape index (κ2) is 8.35. The van der Waals surface area contributed by atoms with Crippen LogP contribution >= 0.6 is 0 Å². The molecule has 7 heteroatoms. The van der Waals surface area contributed by atoms with Gasteiger partial charge in [-0.15, -0.1) is 0 Å². The Labute approximate surface area is 141 Å². The number of nitrogens with two attached hydrogens (primary N) is 1. The van der Waals surface area contributed by atoms with Crippen molar-refractivity contribution in [2.75, 3.05) is 5.75 Å². The van der Waals surface area contributed by atoms with Crippen molar-refractivity contribution in [1.29, 1.82) is 0 Å². The molecule has 0 unspecified atom stereocenters. The van der Waals surface area contributed by atoms with E-state index in [1.807, 2.05) is 6.07 Å². The van der Waals surface area contributed by atoms with Crippen molar-refractivity contribution in [1.82, 2.24) is 5.32 Å². The quantitative estimate of drug-likeness (QED) is 0.796. The minimum Gasteiger partial charge on any atom is -0.368 e. The molecule has 2 rings (SSSR count). The maximum absolute atomic E-state index is 12.9. The van der Waals surface area contributed by atoms with Crippen LogP contribution in [0, 0.1) is 5.82 Å². The first kappa shape index (κ1) is 17.8. The fourth-order valence-electron chi connectivity index (χ4n) is 2.04. The van der Waals surface area contributed by atoms with Gasteiger partial charge in [-0.2, -0.15) is 0 Å². The number of hydrogen-bond acceptors (Lipinski definition) is 3. The van der Waals surface area contributed by atoms with Crippen molar-refractivity contribution in [3.63, 3.8) is 0 Å². The van der Waals surface area contributed by atoms with Gasteiger partial charge in [-0.05, 0) is 42.8 Å². The summed E-state index contributed by atoms with van der Waals surface area (Å²) in [6.07, 6.45) is 0.143. The first-order chi connectivity index (χ1) is 11.5. The lowest BCUT2D eigenvalue weighted by Gasteiger charge is -2.15. The van der Waals surface area contributed by atoms with Gasteiger partial charge in [0, 0.05) is 16.2 Å². The Kier molecular flexibility index (Phi) is 6.20. The summed E-state index contributed by atoms with van der Waals surface area (Å²) in [7, 11) is -1.29. The van der Waals surface area contributed by atoms with Crippen LogP contribution in [0.2, 0.25) is 0 Å². The fourth-order valence-corrected chi connectivity index (χ4v) is 3.19. The maximum atomic E-state index is 12.9. The minimum atomic E-state index is -1.29. The van der Waals surface area contributed by atoms with Gasteiger partial charge in [-0.1, -0.05) is 18.2 Å². The van der Waals surface area contributed by atoms with Crippen LogP contribution in [0.3, 0.4) is 0 Å². The van der Waals surface area contributed by atoms with Gasteiger partial charge >= 0.3 is 0 Å². The second-order valence-electron chi connectivity index (χ2n) is 5.09. The molecule has 2 aromatic rings. The van der Waals surface area contributed by atoms with Gasteiger partial charge in [0.05, 0.1) is 10.8 Å². The van der Waals surface area contributed by atoms with Gasteiger partial charge in [-0.3, -0.25) is 13.8 Å². The molecule has 2 amide bonds. The van der Waals surface area contributed by atoms with Crippen molar-refractivity contribution in [2.24, 2.45) is 5.73 Å². The van der Waals surface area contributed by atoms with Crippen LogP contribution in [0.5, 0.6) is 0 Å². The van der Waals surface area contributed by atoms with E-state index in [1.165, 1.54) is 12.1 Å². The molecule has 0 aliphatic carbocycles. The number of carbonyl (C=O) groups is 2. The Balaban J connectivity index is 1.97. The lowest BCUT2D eigenvalue weighted by atomic mass is 10.1. The molecule has 2 aromatic carbocycles. The normalized spacial score (nSPS) is 13.0. The number of hydrogen-bond donors (Lipinski definition) is 2. The highest BCUT2D eigenvalue weighted by molar-refractivity contribution is 7.85. The van der Waals surface area contributed by atoms with Crippen molar-refractivity contribution in [3.8, 4) is 0 Å². The second-order valence-corrected chi connectivity index (χ2v) is 6.66. The van der Waals surface area contributed by atoms with E-state index in [2.05, 4.69) is 5.32 Å². The van der Waals surface area contributed by atoms with Crippen molar-refractivity contribution >= 4 is 22.6 Å². The van der Waals surface area contributed by atoms with E-state index in [1.54, 1.807) is 24.3 Å². The molecule has 0 spiro atoms. The summed E-state index contributed by atoms with van der Waals surface area (Å²) in [5.74, 6) is -1.53. The number of carbonyl (C=O) groups excluding carboxylic acids is 2. The predicted molar refractivity (Wildman–Crippen MR) is 89.2 cm³/mol. The molecule has 24 heavy (non-hydrogen) atoms. The van der Waals surface area contributed by atoms with Crippen LogP contribution in [-0.2, 0) is 15.6 Å². The third kappa shape index (κ3) is 4.99. The molecule has 0 saturated carbocycles. The summed E-state index contributed by atoms with van der Waals surface area (Å²) in [6.45, 7) is 0. The average molecular weight is 348 g/mol. The summed E-state index contributed by atoms with van der Waals surface area (Å²) >= 11 is 0. The summed E-state index contributed by atoms with van der Waals surface area (Å²) < 4.78 is 25.0. The number of primary amides is 1. The van der Waals surface area contributed by atoms with Crippen LogP contribution < -0.4 is 11.1 Å². The van der Waals surface area contributed by atoms with Crippen molar-refractivity contribution < 1.29 is 18.2 Å². The van der Waals surface area contributed by atoms with Crippen LogP contribution in [0.1, 0.15) is 16.8 Å². The Bertz CT molecular complexity index is 735. The molecule has 0 saturated heterocycles. The third-order valence-electron chi connectivity index (χ3n) is 3.35. The zero-order valence-corrected chi connectivity index (χ0v) is 13.6. The number of rotatable bonds is 7. The molecular weight excluding hydrogens is 331 g/mol. The summed E-state index contributed by atoms with van der Waals surface area (Å²) in [4.78, 5) is 24.2. The molecule has 2 atom stereocenters. The Morgan fingerprint density at radius 3 is 2.29 bits per heavy atom. The first-order valence-electron chi connectivity index (χ1n) is 7.26. The Morgan fingerprint density at radius 1 is 1.08 bits per heavy atom. The van der Waals surface area contributed by atoms with E-state index in [0.29, 0.717) is 4.90 Å². The van der Waals surface area contributed by atoms with E-state index in [-0.39, 0.29) is 17.7 Å². The zero-order chi connectivity index (χ0) is 17.5.